The Labute approximate surface area is 92.1 Å². The summed E-state index contributed by atoms with van der Waals surface area (Å²) < 4.78 is 2.84. The fourth-order valence-corrected chi connectivity index (χ4v) is 2.40. The highest BCUT2D eigenvalue weighted by atomic mass is 127. The summed E-state index contributed by atoms with van der Waals surface area (Å²) in [6, 6.07) is 0. The van der Waals surface area contributed by atoms with Crippen LogP contribution in [0.2, 0.25) is 0 Å². The van der Waals surface area contributed by atoms with Gasteiger partial charge in [0.1, 0.15) is 6.33 Å². The molecule has 0 unspecified atom stereocenters. The average molecular weight is 291 g/mol. The zero-order chi connectivity index (χ0) is 9.10. The molecule has 1 aromatic heterocycles. The number of halogens is 1. The number of rotatable bonds is 2. The van der Waals surface area contributed by atoms with E-state index in [9.17, 15) is 0 Å². The molecule has 72 valence electrons. The first-order valence-electron chi connectivity index (χ1n) is 4.89. The van der Waals surface area contributed by atoms with Crippen molar-refractivity contribution in [2.45, 2.75) is 38.6 Å². The third-order valence-corrected chi connectivity index (χ3v) is 3.17. The summed E-state index contributed by atoms with van der Waals surface area (Å²) in [7, 11) is 0. The summed E-state index contributed by atoms with van der Waals surface area (Å²) in [5, 5.41) is 4.30. The van der Waals surface area contributed by atoms with Gasteiger partial charge in [-0.05, 0) is 18.8 Å². The molecule has 4 heteroatoms. The van der Waals surface area contributed by atoms with Crippen molar-refractivity contribution < 1.29 is 0 Å². The number of hydrogen-bond donors (Lipinski definition) is 0. The zero-order valence-electron chi connectivity index (χ0n) is 7.62. The lowest BCUT2D eigenvalue weighted by Gasteiger charge is -2.20. The van der Waals surface area contributed by atoms with Gasteiger partial charge in [-0.15, -0.1) is 5.10 Å². The topological polar surface area (TPSA) is 30.7 Å². The first-order valence-corrected chi connectivity index (χ1v) is 5.97. The molecule has 0 spiro atoms. The number of nitrogens with zero attached hydrogens (tertiary/aromatic N) is 3. The Morgan fingerprint density at radius 3 is 2.77 bits per heavy atom. The fourth-order valence-electron chi connectivity index (χ4n) is 1.99. The highest BCUT2D eigenvalue weighted by Crippen LogP contribution is 2.24. The normalized spacial score (nSPS) is 19.2. The Morgan fingerprint density at radius 2 is 2.15 bits per heavy atom. The number of aromatic nitrogens is 3. The molecule has 0 bridgehead atoms. The lowest BCUT2D eigenvalue weighted by molar-refractivity contribution is 0.307. The summed E-state index contributed by atoms with van der Waals surface area (Å²) >= 11 is 2.15. The second kappa shape index (κ2) is 4.39. The van der Waals surface area contributed by atoms with Crippen molar-refractivity contribution in [2.75, 3.05) is 0 Å². The molecule has 1 aromatic rings. The van der Waals surface area contributed by atoms with Gasteiger partial charge in [0.15, 0.2) is 0 Å². The fraction of sp³-hybridized carbons (Fsp3) is 0.778. The molecule has 3 nitrogen and oxygen atoms in total. The first kappa shape index (κ1) is 9.43. The predicted octanol–water partition coefficient (Wildman–Crippen LogP) is 2.46. The summed E-state index contributed by atoms with van der Waals surface area (Å²) in [5.41, 5.74) is 0. The van der Waals surface area contributed by atoms with E-state index in [0.717, 1.165) is 16.3 Å². The van der Waals surface area contributed by atoms with Crippen molar-refractivity contribution in [3.63, 3.8) is 0 Å². The molecule has 0 saturated heterocycles. The van der Waals surface area contributed by atoms with Crippen molar-refractivity contribution in [1.29, 1.82) is 0 Å². The predicted molar refractivity (Wildman–Crippen MR) is 59.3 cm³/mol. The second-order valence-corrected chi connectivity index (χ2v) is 4.70. The van der Waals surface area contributed by atoms with Gasteiger partial charge in [-0.2, -0.15) is 0 Å². The number of hydrogen-bond acceptors (Lipinski definition) is 2. The van der Waals surface area contributed by atoms with Gasteiger partial charge in [0, 0.05) is 29.1 Å². The molecular formula is C9H14IN3. The smallest absolute Gasteiger partial charge is 0.211 e. The minimum absolute atomic E-state index is 0.839. The van der Waals surface area contributed by atoms with Crippen LogP contribution in [0.15, 0.2) is 6.33 Å². The van der Waals surface area contributed by atoms with Crippen LogP contribution in [0.1, 0.15) is 32.1 Å². The molecule has 0 radical (unpaired) electrons. The molecule has 0 amide bonds. The molecule has 1 aliphatic carbocycles. The van der Waals surface area contributed by atoms with Crippen LogP contribution < -0.4 is 0 Å². The summed E-state index contributed by atoms with van der Waals surface area (Å²) in [4.78, 5) is 4.12. The van der Waals surface area contributed by atoms with E-state index in [2.05, 4.69) is 32.7 Å². The Kier molecular flexibility index (Phi) is 3.18. The molecule has 1 saturated carbocycles. The van der Waals surface area contributed by atoms with Crippen molar-refractivity contribution in [1.82, 2.24) is 14.8 Å². The second-order valence-electron chi connectivity index (χ2n) is 3.74. The average Bonchev–Trinajstić information content (AvgIpc) is 2.53. The maximum absolute atomic E-state index is 4.30. The highest BCUT2D eigenvalue weighted by Gasteiger charge is 2.14. The zero-order valence-corrected chi connectivity index (χ0v) is 9.77. The first-order chi connectivity index (χ1) is 6.34. The van der Waals surface area contributed by atoms with Crippen LogP contribution in [-0.2, 0) is 6.54 Å². The molecular weight excluding hydrogens is 277 g/mol. The Balaban J connectivity index is 1.89. The van der Waals surface area contributed by atoms with Gasteiger partial charge < -0.3 is 0 Å². The van der Waals surface area contributed by atoms with E-state index in [0.29, 0.717) is 0 Å². The lowest BCUT2D eigenvalue weighted by atomic mass is 9.89. The van der Waals surface area contributed by atoms with E-state index >= 15 is 0 Å². The molecule has 2 rings (SSSR count). The van der Waals surface area contributed by atoms with Gasteiger partial charge in [-0.1, -0.05) is 19.3 Å². The largest absolute Gasteiger partial charge is 0.252 e. The summed E-state index contributed by atoms with van der Waals surface area (Å²) in [6.45, 7) is 1.07. The van der Waals surface area contributed by atoms with Crippen LogP contribution in [0, 0.1) is 9.75 Å². The van der Waals surface area contributed by atoms with E-state index in [1.807, 2.05) is 11.0 Å². The van der Waals surface area contributed by atoms with Crippen molar-refractivity contribution in [2.24, 2.45) is 5.92 Å². The maximum Gasteiger partial charge on any atom is 0.211 e. The summed E-state index contributed by atoms with van der Waals surface area (Å²) in [6.07, 6.45) is 8.81. The maximum atomic E-state index is 4.30. The van der Waals surface area contributed by atoms with Crippen LogP contribution in [-0.4, -0.2) is 14.8 Å². The van der Waals surface area contributed by atoms with Crippen molar-refractivity contribution in [3.8, 4) is 0 Å². The van der Waals surface area contributed by atoms with Crippen LogP contribution >= 0.6 is 22.6 Å². The van der Waals surface area contributed by atoms with E-state index in [4.69, 9.17) is 0 Å². The van der Waals surface area contributed by atoms with Gasteiger partial charge in [0.2, 0.25) is 3.83 Å². The Morgan fingerprint density at radius 1 is 1.38 bits per heavy atom. The molecule has 1 aliphatic rings. The van der Waals surface area contributed by atoms with Gasteiger partial charge in [0.25, 0.3) is 0 Å². The van der Waals surface area contributed by atoms with Gasteiger partial charge in [-0.3, -0.25) is 4.68 Å². The standard InChI is InChI=1S/C9H14IN3/c10-9-11-7-13(12-9)6-8-4-2-1-3-5-8/h7-8H,1-6H2. The lowest BCUT2D eigenvalue weighted by Crippen LogP contribution is -2.14. The van der Waals surface area contributed by atoms with Crippen LogP contribution in [0.25, 0.3) is 0 Å². The van der Waals surface area contributed by atoms with Gasteiger partial charge in [0.05, 0.1) is 0 Å². The molecule has 0 N–H and O–H groups in total. The van der Waals surface area contributed by atoms with Crippen molar-refractivity contribution in [3.05, 3.63) is 10.2 Å². The van der Waals surface area contributed by atoms with Crippen LogP contribution in [0.5, 0.6) is 0 Å². The van der Waals surface area contributed by atoms with E-state index < -0.39 is 0 Å². The van der Waals surface area contributed by atoms with Crippen LogP contribution in [0.4, 0.5) is 0 Å². The quantitative estimate of drug-likeness (QED) is 0.784. The van der Waals surface area contributed by atoms with E-state index in [1.165, 1.54) is 32.1 Å². The molecule has 0 aliphatic heterocycles. The third kappa shape index (κ3) is 2.65. The third-order valence-electron chi connectivity index (χ3n) is 2.68. The minimum atomic E-state index is 0.839. The summed E-state index contributed by atoms with van der Waals surface area (Å²) in [5.74, 6) is 0.839. The van der Waals surface area contributed by atoms with E-state index in [1.54, 1.807) is 0 Å². The molecule has 13 heavy (non-hydrogen) atoms. The Bertz CT molecular complexity index is 266. The SMILES string of the molecule is Ic1ncn(CC2CCCCC2)n1. The van der Waals surface area contributed by atoms with Gasteiger partial charge in [-0.25, -0.2) is 4.98 Å². The molecule has 1 fully saturated rings. The van der Waals surface area contributed by atoms with Crippen molar-refractivity contribution >= 4 is 22.6 Å². The molecule has 1 heterocycles. The van der Waals surface area contributed by atoms with E-state index in [-0.39, 0.29) is 0 Å². The molecule has 0 aromatic carbocycles. The highest BCUT2D eigenvalue weighted by molar-refractivity contribution is 14.1. The Hall–Kier alpha value is -0.130. The molecule has 0 atom stereocenters. The van der Waals surface area contributed by atoms with Gasteiger partial charge >= 0.3 is 0 Å². The van der Waals surface area contributed by atoms with Crippen LogP contribution in [0.3, 0.4) is 0 Å². The monoisotopic (exact) mass is 291 g/mol. The minimum Gasteiger partial charge on any atom is -0.252 e.